The number of nitrogens with one attached hydrogen (secondary N) is 1. The van der Waals surface area contributed by atoms with Gasteiger partial charge < -0.3 is 16.2 Å². The fourth-order valence-corrected chi connectivity index (χ4v) is 3.47. The fraction of sp³-hybridized carbons (Fsp3) is 0.273. The lowest BCUT2D eigenvalue weighted by atomic mass is 9.94. The Labute approximate surface area is 210 Å². The van der Waals surface area contributed by atoms with E-state index in [4.69, 9.17) is 15.6 Å². The van der Waals surface area contributed by atoms with Crippen molar-refractivity contribution in [2.45, 2.75) is 32.5 Å². The quantitative estimate of drug-likeness (QED) is 0.416. The molecule has 1 amide bonds. The highest BCUT2D eigenvalue weighted by Crippen LogP contribution is 2.32. The number of tetrazole rings is 1. The summed E-state index contributed by atoms with van der Waals surface area (Å²) in [5.74, 6) is -2.76. The van der Waals surface area contributed by atoms with Crippen LogP contribution in [0.4, 0.5) is 27.6 Å². The average Bonchev–Trinajstić information content (AvgIpc) is 3.22. The summed E-state index contributed by atoms with van der Waals surface area (Å²) in [6.45, 7) is 1.07. The zero-order chi connectivity index (χ0) is 28.2. The Kier molecular flexibility index (Phi) is 8.35. The molecule has 3 heterocycles. The molecule has 0 bridgehead atoms. The molecule has 1 aliphatic heterocycles. The van der Waals surface area contributed by atoms with E-state index in [1.807, 2.05) is 19.1 Å². The van der Waals surface area contributed by atoms with Crippen LogP contribution in [0, 0.1) is 6.92 Å². The van der Waals surface area contributed by atoms with Crippen LogP contribution in [0.3, 0.4) is 0 Å². The molecule has 16 heteroatoms. The first-order valence-corrected chi connectivity index (χ1v) is 10.8. The van der Waals surface area contributed by atoms with Crippen molar-refractivity contribution in [3.05, 3.63) is 63.9 Å². The van der Waals surface area contributed by atoms with Gasteiger partial charge in [0.25, 0.3) is 6.08 Å². The number of amides is 1. The summed E-state index contributed by atoms with van der Waals surface area (Å²) < 4.78 is 59.3. The average molecular weight is 541 g/mol. The van der Waals surface area contributed by atoms with Gasteiger partial charge in [0.1, 0.15) is 0 Å². The second kappa shape index (κ2) is 11.3. The summed E-state index contributed by atoms with van der Waals surface area (Å²) in [7, 11) is 0. The minimum atomic E-state index is -5.08. The zero-order valence-corrected chi connectivity index (χ0v) is 19.6. The molecule has 0 radical (unpaired) electrons. The molecule has 0 saturated heterocycles. The van der Waals surface area contributed by atoms with Gasteiger partial charge in [-0.15, -0.1) is 0 Å². The third-order valence-electron chi connectivity index (χ3n) is 5.34. The number of alkyl halides is 3. The molecule has 0 unspecified atom stereocenters. The molecule has 0 aliphatic carbocycles. The van der Waals surface area contributed by atoms with Gasteiger partial charge in [0.2, 0.25) is 5.91 Å². The second-order valence-electron chi connectivity index (χ2n) is 8.01. The number of benzene rings is 1. The van der Waals surface area contributed by atoms with Gasteiger partial charge in [0, 0.05) is 36.0 Å². The lowest BCUT2D eigenvalue weighted by Gasteiger charge is -2.20. The number of anilines is 1. The first kappa shape index (κ1) is 28.1. The second-order valence-corrected chi connectivity index (χ2v) is 8.01. The standard InChI is InChI=1S/C20H19F2N7O2.C2HF3O2/c1-11-4-13(5-12-2-3-17(30)25-18(11)12)14-6-16(9-24-8-14)29-20(31)28(26-27-29)10-15(7-23)19(21)22;3-2(4,5)1(6)7/h4-6,8-9H,2-3,7,10,23H2,1H3,(H,25,30);(H,6,7). The van der Waals surface area contributed by atoms with Crippen LogP contribution in [0.25, 0.3) is 16.8 Å². The summed E-state index contributed by atoms with van der Waals surface area (Å²) in [5, 5.41) is 17.5. The summed E-state index contributed by atoms with van der Waals surface area (Å²) in [6.07, 6.45) is -2.88. The molecule has 3 aromatic rings. The number of carboxylic acids is 1. The summed E-state index contributed by atoms with van der Waals surface area (Å²) in [4.78, 5) is 37.4. The van der Waals surface area contributed by atoms with Gasteiger partial charge in [-0.25, -0.2) is 9.59 Å². The molecule has 202 valence electrons. The van der Waals surface area contributed by atoms with E-state index in [1.54, 1.807) is 12.3 Å². The van der Waals surface area contributed by atoms with E-state index in [-0.39, 0.29) is 5.91 Å². The van der Waals surface area contributed by atoms with Crippen LogP contribution in [-0.4, -0.2) is 54.5 Å². The van der Waals surface area contributed by atoms with Crippen LogP contribution in [0.15, 0.2) is 47.0 Å². The summed E-state index contributed by atoms with van der Waals surface area (Å²) >= 11 is 0. The normalized spacial score (nSPS) is 12.7. The maximum Gasteiger partial charge on any atom is 0.490 e. The number of aryl methyl sites for hydroxylation is 2. The van der Waals surface area contributed by atoms with Crippen molar-refractivity contribution in [3.63, 3.8) is 0 Å². The number of aromatic nitrogens is 5. The number of aliphatic carboxylic acids is 1. The SMILES string of the molecule is Cc1cc(-c2cncc(-n3nnn(CC(CN)=C(F)F)c3=O)c2)cc2c1NC(=O)CC2.O=C(O)C(F)(F)F. The van der Waals surface area contributed by atoms with Crippen molar-refractivity contribution in [2.24, 2.45) is 5.73 Å². The molecule has 1 aromatic carbocycles. The van der Waals surface area contributed by atoms with Crippen molar-refractivity contribution in [2.75, 3.05) is 11.9 Å². The van der Waals surface area contributed by atoms with Crippen molar-refractivity contribution in [3.8, 4) is 16.8 Å². The monoisotopic (exact) mass is 541 g/mol. The largest absolute Gasteiger partial charge is 0.490 e. The summed E-state index contributed by atoms with van der Waals surface area (Å²) in [6, 6.07) is 5.61. The van der Waals surface area contributed by atoms with E-state index in [0.29, 0.717) is 18.5 Å². The first-order valence-electron chi connectivity index (χ1n) is 10.8. The number of carboxylic acid groups (broad SMARTS) is 1. The van der Waals surface area contributed by atoms with Crippen LogP contribution in [0.5, 0.6) is 0 Å². The number of nitrogens with zero attached hydrogens (tertiary/aromatic N) is 5. The topological polar surface area (TPSA) is 158 Å². The van der Waals surface area contributed by atoms with Gasteiger partial charge in [-0.05, 0) is 58.7 Å². The number of carbonyl (C=O) groups is 2. The van der Waals surface area contributed by atoms with Crippen molar-refractivity contribution < 1.29 is 36.6 Å². The lowest BCUT2D eigenvalue weighted by Crippen LogP contribution is -2.26. The van der Waals surface area contributed by atoms with Crippen LogP contribution in [-0.2, 0) is 22.6 Å². The molecule has 4 N–H and O–H groups in total. The lowest BCUT2D eigenvalue weighted by molar-refractivity contribution is -0.192. The number of carbonyl (C=O) groups excluding carboxylic acids is 1. The molecule has 0 fully saturated rings. The third-order valence-corrected chi connectivity index (χ3v) is 5.34. The minimum Gasteiger partial charge on any atom is -0.475 e. The van der Waals surface area contributed by atoms with Gasteiger partial charge in [0.15, 0.2) is 0 Å². The predicted octanol–water partition coefficient (Wildman–Crippen LogP) is 2.43. The Hall–Kier alpha value is -4.47. The van der Waals surface area contributed by atoms with Crippen LogP contribution in [0.1, 0.15) is 17.5 Å². The Balaban J connectivity index is 0.000000505. The molecule has 0 spiro atoms. The number of fused-ring (bicyclic) bond motifs is 1. The molecule has 38 heavy (non-hydrogen) atoms. The van der Waals surface area contributed by atoms with E-state index in [0.717, 1.165) is 37.3 Å². The van der Waals surface area contributed by atoms with E-state index in [2.05, 4.69) is 20.7 Å². The molecule has 1 aliphatic rings. The van der Waals surface area contributed by atoms with Crippen LogP contribution < -0.4 is 16.7 Å². The maximum absolute atomic E-state index is 12.9. The third kappa shape index (κ3) is 6.44. The number of hydrogen-bond donors (Lipinski definition) is 3. The van der Waals surface area contributed by atoms with E-state index >= 15 is 0 Å². The number of rotatable bonds is 5. The minimum absolute atomic E-state index is 0.00486. The van der Waals surface area contributed by atoms with E-state index < -0.39 is 42.6 Å². The Morgan fingerprint density at radius 1 is 1.11 bits per heavy atom. The molecule has 0 saturated carbocycles. The van der Waals surface area contributed by atoms with Gasteiger partial charge in [-0.3, -0.25) is 9.78 Å². The maximum atomic E-state index is 12.9. The number of pyridine rings is 1. The number of halogens is 5. The first-order chi connectivity index (χ1) is 17.8. The van der Waals surface area contributed by atoms with Gasteiger partial charge in [0.05, 0.1) is 18.4 Å². The Morgan fingerprint density at radius 2 is 1.79 bits per heavy atom. The van der Waals surface area contributed by atoms with Crippen molar-refractivity contribution in [1.82, 2.24) is 24.8 Å². The van der Waals surface area contributed by atoms with E-state index in [9.17, 15) is 31.5 Å². The van der Waals surface area contributed by atoms with Crippen molar-refractivity contribution >= 4 is 17.6 Å². The van der Waals surface area contributed by atoms with Gasteiger partial charge >= 0.3 is 17.8 Å². The van der Waals surface area contributed by atoms with Gasteiger partial charge in [-0.1, -0.05) is 0 Å². The Bertz CT molecular complexity index is 1460. The van der Waals surface area contributed by atoms with E-state index in [1.165, 1.54) is 6.20 Å². The molecule has 0 atom stereocenters. The highest BCUT2D eigenvalue weighted by molar-refractivity contribution is 5.95. The number of hydrogen-bond acceptors (Lipinski definition) is 7. The van der Waals surface area contributed by atoms with Crippen molar-refractivity contribution in [1.29, 1.82) is 0 Å². The number of nitrogens with two attached hydrogens (primary N) is 1. The summed E-state index contributed by atoms with van der Waals surface area (Å²) in [5.41, 5.74) is 8.95. The predicted molar refractivity (Wildman–Crippen MR) is 123 cm³/mol. The molecule has 4 rings (SSSR count). The molecule has 2 aromatic heterocycles. The smallest absolute Gasteiger partial charge is 0.475 e. The molecule has 11 nitrogen and oxygen atoms in total. The fourth-order valence-electron chi connectivity index (χ4n) is 3.47. The van der Waals surface area contributed by atoms with Crippen LogP contribution >= 0.6 is 0 Å². The highest BCUT2D eigenvalue weighted by atomic mass is 19.4. The molecular weight excluding hydrogens is 521 g/mol. The van der Waals surface area contributed by atoms with Crippen LogP contribution in [0.2, 0.25) is 0 Å². The Morgan fingerprint density at radius 3 is 2.39 bits per heavy atom. The molecular formula is C22H20F5N7O4. The zero-order valence-electron chi connectivity index (χ0n) is 19.6. The highest BCUT2D eigenvalue weighted by Gasteiger charge is 2.38. The van der Waals surface area contributed by atoms with Gasteiger partial charge in [-0.2, -0.15) is 31.3 Å².